The number of halogens is 1. The normalized spacial score (nSPS) is 18.2. The summed E-state index contributed by atoms with van der Waals surface area (Å²) < 4.78 is 19.4. The molecule has 2 aromatic rings. The molecule has 114 valence electrons. The van der Waals surface area contributed by atoms with E-state index in [1.54, 1.807) is 23.1 Å². The van der Waals surface area contributed by atoms with Crippen molar-refractivity contribution in [1.82, 2.24) is 15.1 Å². The van der Waals surface area contributed by atoms with Gasteiger partial charge in [0.2, 0.25) is 0 Å². The van der Waals surface area contributed by atoms with Crippen LogP contribution in [0.1, 0.15) is 22.2 Å². The smallest absolute Gasteiger partial charge is 0.274 e. The molecule has 0 radical (unpaired) electrons. The number of ether oxygens (including phenoxy) is 1. The summed E-state index contributed by atoms with van der Waals surface area (Å²) in [6, 6.07) is 8.96. The van der Waals surface area contributed by atoms with E-state index >= 15 is 0 Å². The molecule has 1 aromatic heterocycles. The number of nitrogens with one attached hydrogen (secondary N) is 1. The zero-order chi connectivity index (χ0) is 15.5. The Hall–Kier alpha value is -2.54. The van der Waals surface area contributed by atoms with Crippen molar-refractivity contribution in [1.29, 1.82) is 0 Å². The minimum absolute atomic E-state index is 0.147. The van der Waals surface area contributed by atoms with Gasteiger partial charge in [0.1, 0.15) is 17.6 Å². The number of aromatic amines is 1. The number of amides is 1. The Labute approximate surface area is 125 Å². The summed E-state index contributed by atoms with van der Waals surface area (Å²) in [6.45, 7) is 0.944. The van der Waals surface area contributed by atoms with Crippen LogP contribution in [0.4, 0.5) is 4.39 Å². The molecular formula is C15H14FN3O3. The molecule has 1 atom stereocenters. The minimum atomic E-state index is -0.512. The molecule has 22 heavy (non-hydrogen) atoms. The maximum Gasteiger partial charge on any atom is 0.274 e. The van der Waals surface area contributed by atoms with E-state index in [1.165, 1.54) is 18.2 Å². The quantitative estimate of drug-likeness (QED) is 0.902. The van der Waals surface area contributed by atoms with Gasteiger partial charge >= 0.3 is 0 Å². The maximum absolute atomic E-state index is 13.8. The number of benzene rings is 1. The van der Waals surface area contributed by atoms with E-state index in [2.05, 4.69) is 10.2 Å². The molecule has 0 saturated carbocycles. The fourth-order valence-corrected chi connectivity index (χ4v) is 2.38. The van der Waals surface area contributed by atoms with Crippen LogP contribution < -0.4 is 5.56 Å². The monoisotopic (exact) mass is 303 g/mol. The third-order valence-electron chi connectivity index (χ3n) is 3.50. The van der Waals surface area contributed by atoms with Gasteiger partial charge in [-0.3, -0.25) is 9.59 Å². The Morgan fingerprint density at radius 2 is 2.14 bits per heavy atom. The van der Waals surface area contributed by atoms with Crippen molar-refractivity contribution in [2.75, 3.05) is 19.7 Å². The summed E-state index contributed by atoms with van der Waals surface area (Å²) in [5.74, 6) is -0.676. The Morgan fingerprint density at radius 3 is 2.86 bits per heavy atom. The summed E-state index contributed by atoms with van der Waals surface area (Å²) in [7, 11) is 0. The Morgan fingerprint density at radius 1 is 1.32 bits per heavy atom. The number of morpholine rings is 1. The molecule has 1 saturated heterocycles. The Bertz CT molecular complexity index is 726. The second-order valence-corrected chi connectivity index (χ2v) is 4.94. The molecule has 3 rings (SSSR count). The van der Waals surface area contributed by atoms with E-state index in [-0.39, 0.29) is 29.5 Å². The molecule has 1 aliphatic heterocycles. The molecule has 1 aromatic carbocycles. The second-order valence-electron chi connectivity index (χ2n) is 4.94. The molecule has 7 heteroatoms. The highest BCUT2D eigenvalue weighted by atomic mass is 19.1. The molecule has 0 bridgehead atoms. The Balaban J connectivity index is 1.78. The van der Waals surface area contributed by atoms with E-state index in [0.29, 0.717) is 18.7 Å². The lowest BCUT2D eigenvalue weighted by Crippen LogP contribution is -2.43. The number of aromatic nitrogens is 2. The van der Waals surface area contributed by atoms with Crippen LogP contribution in [0.25, 0.3) is 0 Å². The molecule has 6 nitrogen and oxygen atoms in total. The zero-order valence-corrected chi connectivity index (χ0v) is 11.7. The first-order chi connectivity index (χ1) is 10.6. The summed E-state index contributed by atoms with van der Waals surface area (Å²) in [4.78, 5) is 24.9. The summed E-state index contributed by atoms with van der Waals surface area (Å²) >= 11 is 0. The molecule has 1 amide bonds. The highest BCUT2D eigenvalue weighted by Gasteiger charge is 2.28. The summed E-state index contributed by atoms with van der Waals surface area (Å²) in [5.41, 5.74) is 0.200. The lowest BCUT2D eigenvalue weighted by atomic mass is 10.1. The first-order valence-electron chi connectivity index (χ1n) is 6.86. The number of carbonyl (C=O) groups is 1. The zero-order valence-electron chi connectivity index (χ0n) is 11.7. The molecule has 0 aliphatic carbocycles. The van der Waals surface area contributed by atoms with Crippen LogP contribution in [-0.4, -0.2) is 40.7 Å². The number of hydrogen-bond donors (Lipinski definition) is 1. The number of carbonyl (C=O) groups excluding carboxylic acids is 1. The van der Waals surface area contributed by atoms with Crippen molar-refractivity contribution in [3.63, 3.8) is 0 Å². The van der Waals surface area contributed by atoms with Crippen LogP contribution in [0.15, 0.2) is 41.2 Å². The van der Waals surface area contributed by atoms with Crippen LogP contribution in [0.3, 0.4) is 0 Å². The second kappa shape index (κ2) is 6.07. The van der Waals surface area contributed by atoms with Crippen LogP contribution in [-0.2, 0) is 4.74 Å². The molecule has 1 aliphatic rings. The summed E-state index contributed by atoms with van der Waals surface area (Å²) in [5, 5.41) is 5.95. The van der Waals surface area contributed by atoms with Gasteiger partial charge in [0.25, 0.3) is 11.5 Å². The van der Waals surface area contributed by atoms with E-state index < -0.39 is 6.10 Å². The van der Waals surface area contributed by atoms with Crippen molar-refractivity contribution in [2.24, 2.45) is 0 Å². The van der Waals surface area contributed by atoms with Gasteiger partial charge in [-0.25, -0.2) is 9.49 Å². The number of nitrogens with zero attached hydrogens (tertiary/aromatic N) is 2. The van der Waals surface area contributed by atoms with Gasteiger partial charge in [0.15, 0.2) is 0 Å². The van der Waals surface area contributed by atoms with Crippen molar-refractivity contribution >= 4 is 5.91 Å². The number of hydrogen-bond acceptors (Lipinski definition) is 4. The number of rotatable bonds is 2. The largest absolute Gasteiger partial charge is 0.370 e. The number of H-pyrrole nitrogens is 1. The van der Waals surface area contributed by atoms with E-state index in [0.717, 1.165) is 0 Å². The van der Waals surface area contributed by atoms with E-state index in [1.807, 2.05) is 0 Å². The average Bonchev–Trinajstić information content (AvgIpc) is 2.55. The molecular weight excluding hydrogens is 289 g/mol. The lowest BCUT2D eigenvalue weighted by Gasteiger charge is -2.33. The fraction of sp³-hybridized carbons (Fsp3) is 0.267. The Kier molecular flexibility index (Phi) is 3.97. The summed E-state index contributed by atoms with van der Waals surface area (Å²) in [6.07, 6.45) is -0.512. The van der Waals surface area contributed by atoms with Crippen molar-refractivity contribution in [2.45, 2.75) is 6.10 Å². The maximum atomic E-state index is 13.8. The molecule has 1 N–H and O–H groups in total. The van der Waals surface area contributed by atoms with Crippen LogP contribution in [0.5, 0.6) is 0 Å². The van der Waals surface area contributed by atoms with Crippen molar-refractivity contribution < 1.29 is 13.9 Å². The fourth-order valence-electron chi connectivity index (χ4n) is 2.38. The SMILES string of the molecule is O=C(c1ccc(=O)[nH]n1)N1CCOC(c2ccccc2F)C1. The molecule has 1 fully saturated rings. The first-order valence-corrected chi connectivity index (χ1v) is 6.86. The third-order valence-corrected chi connectivity index (χ3v) is 3.50. The highest BCUT2D eigenvalue weighted by molar-refractivity contribution is 5.92. The van der Waals surface area contributed by atoms with Crippen molar-refractivity contribution in [3.05, 3.63) is 63.8 Å². The van der Waals surface area contributed by atoms with Gasteiger partial charge < -0.3 is 9.64 Å². The molecule has 2 heterocycles. The minimum Gasteiger partial charge on any atom is -0.370 e. The van der Waals surface area contributed by atoms with E-state index in [9.17, 15) is 14.0 Å². The predicted octanol–water partition coefficient (Wildman–Crippen LogP) is 1.12. The van der Waals surface area contributed by atoms with Gasteiger partial charge in [0, 0.05) is 18.2 Å². The lowest BCUT2D eigenvalue weighted by molar-refractivity contribution is -0.0245. The molecule has 1 unspecified atom stereocenters. The standard InChI is InChI=1S/C15H14FN3O3/c16-11-4-2-1-3-10(11)13-9-19(7-8-22-13)15(21)12-5-6-14(20)18-17-12/h1-6,13H,7-9H2,(H,18,20). The van der Waals surface area contributed by atoms with E-state index in [4.69, 9.17) is 4.74 Å². The van der Waals surface area contributed by atoms with Crippen LogP contribution >= 0.6 is 0 Å². The van der Waals surface area contributed by atoms with Crippen molar-refractivity contribution in [3.8, 4) is 0 Å². The predicted molar refractivity (Wildman–Crippen MR) is 75.9 cm³/mol. The van der Waals surface area contributed by atoms with Crippen LogP contribution in [0, 0.1) is 5.82 Å². The highest BCUT2D eigenvalue weighted by Crippen LogP contribution is 2.25. The molecule has 0 spiro atoms. The van der Waals surface area contributed by atoms with Gasteiger partial charge in [-0.05, 0) is 12.1 Å². The third kappa shape index (κ3) is 2.89. The average molecular weight is 303 g/mol. The van der Waals surface area contributed by atoms with Gasteiger partial charge in [0.05, 0.1) is 13.2 Å². The van der Waals surface area contributed by atoms with Gasteiger partial charge in [-0.2, -0.15) is 5.10 Å². The van der Waals surface area contributed by atoms with Gasteiger partial charge in [-0.15, -0.1) is 0 Å². The first kappa shape index (κ1) is 14.4. The van der Waals surface area contributed by atoms with Crippen LogP contribution in [0.2, 0.25) is 0 Å². The van der Waals surface area contributed by atoms with Gasteiger partial charge in [-0.1, -0.05) is 18.2 Å². The topological polar surface area (TPSA) is 75.3 Å².